The average molecular weight is 357 g/mol. The zero-order chi connectivity index (χ0) is 18.1. The maximum atomic E-state index is 5.53. The van der Waals surface area contributed by atoms with Crippen molar-refractivity contribution in [3.63, 3.8) is 0 Å². The van der Waals surface area contributed by atoms with Gasteiger partial charge in [0.1, 0.15) is 5.69 Å². The molecule has 27 heavy (non-hydrogen) atoms. The van der Waals surface area contributed by atoms with Crippen LogP contribution in [0, 0.1) is 0 Å². The minimum absolute atomic E-state index is 0.739. The van der Waals surface area contributed by atoms with E-state index < -0.39 is 0 Å². The second-order valence-corrected chi connectivity index (χ2v) is 6.52. The van der Waals surface area contributed by atoms with E-state index in [0.717, 1.165) is 48.9 Å². The van der Waals surface area contributed by atoms with E-state index in [2.05, 4.69) is 56.7 Å². The summed E-state index contributed by atoms with van der Waals surface area (Å²) in [4.78, 5) is 6.80. The molecule has 1 saturated heterocycles. The number of fused-ring (bicyclic) bond motifs is 1. The van der Waals surface area contributed by atoms with Gasteiger partial charge >= 0.3 is 0 Å². The Hall–Kier alpha value is -3.25. The summed E-state index contributed by atoms with van der Waals surface area (Å²) in [6.07, 6.45) is 3.85. The van der Waals surface area contributed by atoms with Crippen LogP contribution in [0.15, 0.2) is 67.0 Å². The topological polar surface area (TPSA) is 55.5 Å². The molecule has 1 fully saturated rings. The molecule has 1 aliphatic rings. The summed E-state index contributed by atoms with van der Waals surface area (Å²) in [5.74, 6) is 0. The van der Waals surface area contributed by atoms with Crippen LogP contribution >= 0.6 is 0 Å². The summed E-state index contributed by atoms with van der Waals surface area (Å²) in [5, 5.41) is 8.75. The summed E-state index contributed by atoms with van der Waals surface area (Å²) in [6, 6.07) is 18.4. The predicted octanol–water partition coefficient (Wildman–Crippen LogP) is 3.29. The van der Waals surface area contributed by atoms with Gasteiger partial charge in [0.05, 0.1) is 36.3 Å². The Labute approximate surface area is 157 Å². The Morgan fingerprint density at radius 2 is 1.74 bits per heavy atom. The third-order valence-electron chi connectivity index (χ3n) is 4.88. The van der Waals surface area contributed by atoms with E-state index in [-0.39, 0.29) is 0 Å². The Bertz CT molecular complexity index is 1060. The lowest BCUT2D eigenvalue weighted by Crippen LogP contribution is -2.36. The highest BCUT2D eigenvalue weighted by atomic mass is 16.5. The number of ether oxygens (including phenoxy) is 1. The highest BCUT2D eigenvalue weighted by molar-refractivity contribution is 5.86. The molecule has 0 N–H and O–H groups in total. The molecule has 0 radical (unpaired) electrons. The van der Waals surface area contributed by atoms with Crippen LogP contribution in [0.25, 0.3) is 28.0 Å². The first-order valence-corrected chi connectivity index (χ1v) is 9.09. The lowest BCUT2D eigenvalue weighted by Gasteiger charge is -2.30. The zero-order valence-corrected chi connectivity index (χ0v) is 14.8. The second kappa shape index (κ2) is 6.81. The van der Waals surface area contributed by atoms with Gasteiger partial charge in [-0.15, -0.1) is 5.10 Å². The van der Waals surface area contributed by atoms with Crippen molar-refractivity contribution in [2.24, 2.45) is 0 Å². The number of hydrogen-bond acceptors (Lipinski definition) is 5. The van der Waals surface area contributed by atoms with Gasteiger partial charge in [0, 0.05) is 24.8 Å². The molecule has 0 atom stereocenters. The molecular formula is C21H19N5O. The molecule has 1 aliphatic heterocycles. The average Bonchev–Trinajstić information content (AvgIpc) is 3.18. The largest absolute Gasteiger partial charge is 0.378 e. The van der Waals surface area contributed by atoms with Gasteiger partial charge in [0.25, 0.3) is 0 Å². The fourth-order valence-corrected chi connectivity index (χ4v) is 3.52. The molecule has 0 aliphatic carbocycles. The van der Waals surface area contributed by atoms with Crippen LogP contribution in [0.2, 0.25) is 0 Å². The SMILES string of the molecule is c1ccc(-c2cc3c(-c4ccccn4)nnn3cc2N2CCOCC2)cc1. The second-order valence-electron chi connectivity index (χ2n) is 6.52. The highest BCUT2D eigenvalue weighted by Gasteiger charge is 2.19. The van der Waals surface area contributed by atoms with Gasteiger partial charge in [0.2, 0.25) is 0 Å². The normalized spacial score (nSPS) is 14.6. The molecule has 4 heterocycles. The van der Waals surface area contributed by atoms with Gasteiger partial charge in [-0.2, -0.15) is 0 Å². The van der Waals surface area contributed by atoms with E-state index in [0.29, 0.717) is 0 Å². The predicted molar refractivity (Wildman–Crippen MR) is 105 cm³/mol. The van der Waals surface area contributed by atoms with Crippen LogP contribution < -0.4 is 4.90 Å². The fraction of sp³-hybridized carbons (Fsp3) is 0.190. The first-order chi connectivity index (χ1) is 13.4. The summed E-state index contributed by atoms with van der Waals surface area (Å²) >= 11 is 0. The van der Waals surface area contributed by atoms with Gasteiger partial charge in [0.15, 0.2) is 0 Å². The Morgan fingerprint density at radius 1 is 0.926 bits per heavy atom. The molecule has 4 aromatic rings. The van der Waals surface area contributed by atoms with Crippen LogP contribution in [0.4, 0.5) is 5.69 Å². The molecule has 0 saturated carbocycles. The third-order valence-corrected chi connectivity index (χ3v) is 4.88. The van der Waals surface area contributed by atoms with Crippen LogP contribution in [0.5, 0.6) is 0 Å². The van der Waals surface area contributed by atoms with Gasteiger partial charge in [-0.05, 0) is 23.8 Å². The minimum Gasteiger partial charge on any atom is -0.378 e. The van der Waals surface area contributed by atoms with Crippen molar-refractivity contribution in [3.8, 4) is 22.5 Å². The molecule has 134 valence electrons. The fourth-order valence-electron chi connectivity index (χ4n) is 3.52. The van der Waals surface area contributed by atoms with Crippen molar-refractivity contribution in [2.75, 3.05) is 31.2 Å². The van der Waals surface area contributed by atoms with E-state index in [1.165, 1.54) is 11.1 Å². The highest BCUT2D eigenvalue weighted by Crippen LogP contribution is 2.34. The summed E-state index contributed by atoms with van der Waals surface area (Å²) in [7, 11) is 0. The molecule has 0 amide bonds. The number of pyridine rings is 2. The molecule has 0 spiro atoms. The quantitative estimate of drug-likeness (QED) is 0.563. The number of hydrogen-bond donors (Lipinski definition) is 0. The number of anilines is 1. The standard InChI is InChI=1S/C21H19N5O/c1-2-6-16(7-3-1)17-14-19-21(18-8-4-5-9-22-18)23-24-26(19)15-20(17)25-10-12-27-13-11-25/h1-9,14-15H,10-13H2. The molecule has 3 aromatic heterocycles. The number of benzene rings is 1. The number of rotatable bonds is 3. The first kappa shape index (κ1) is 16.0. The van der Waals surface area contributed by atoms with E-state index in [4.69, 9.17) is 4.74 Å². The van der Waals surface area contributed by atoms with Gasteiger partial charge in [-0.1, -0.05) is 41.6 Å². The molecule has 5 rings (SSSR count). The zero-order valence-electron chi connectivity index (χ0n) is 14.8. The van der Waals surface area contributed by atoms with Crippen molar-refractivity contribution in [1.82, 2.24) is 19.8 Å². The molecular weight excluding hydrogens is 338 g/mol. The van der Waals surface area contributed by atoms with E-state index in [1.54, 1.807) is 6.20 Å². The van der Waals surface area contributed by atoms with E-state index >= 15 is 0 Å². The van der Waals surface area contributed by atoms with E-state index in [9.17, 15) is 0 Å². The number of morpholine rings is 1. The van der Waals surface area contributed by atoms with Crippen molar-refractivity contribution in [2.45, 2.75) is 0 Å². The monoisotopic (exact) mass is 357 g/mol. The van der Waals surface area contributed by atoms with Crippen molar-refractivity contribution >= 4 is 11.2 Å². The molecule has 0 bridgehead atoms. The van der Waals surface area contributed by atoms with Crippen molar-refractivity contribution in [3.05, 3.63) is 67.0 Å². The van der Waals surface area contributed by atoms with Gasteiger partial charge in [-0.3, -0.25) is 4.98 Å². The van der Waals surface area contributed by atoms with Crippen LogP contribution in [-0.4, -0.2) is 46.1 Å². The number of nitrogens with zero attached hydrogens (tertiary/aromatic N) is 5. The summed E-state index contributed by atoms with van der Waals surface area (Å²) in [5.41, 5.74) is 6.06. The Morgan fingerprint density at radius 3 is 2.52 bits per heavy atom. The van der Waals surface area contributed by atoms with Crippen LogP contribution in [-0.2, 0) is 4.74 Å². The Balaban J connectivity index is 1.72. The maximum absolute atomic E-state index is 5.53. The Kier molecular flexibility index (Phi) is 4.03. The molecule has 6 heteroatoms. The molecule has 0 unspecified atom stereocenters. The molecule has 6 nitrogen and oxygen atoms in total. The van der Waals surface area contributed by atoms with Crippen LogP contribution in [0.3, 0.4) is 0 Å². The summed E-state index contributed by atoms with van der Waals surface area (Å²) in [6.45, 7) is 3.21. The third kappa shape index (κ3) is 2.94. The minimum atomic E-state index is 0.739. The lowest BCUT2D eigenvalue weighted by molar-refractivity contribution is 0.122. The first-order valence-electron chi connectivity index (χ1n) is 9.09. The summed E-state index contributed by atoms with van der Waals surface area (Å²) < 4.78 is 7.38. The van der Waals surface area contributed by atoms with Gasteiger partial charge < -0.3 is 9.64 Å². The smallest absolute Gasteiger partial charge is 0.139 e. The van der Waals surface area contributed by atoms with Crippen LogP contribution in [0.1, 0.15) is 0 Å². The van der Waals surface area contributed by atoms with Crippen molar-refractivity contribution in [1.29, 1.82) is 0 Å². The number of aromatic nitrogens is 4. The molecule has 1 aromatic carbocycles. The van der Waals surface area contributed by atoms with Gasteiger partial charge in [-0.25, -0.2) is 4.52 Å². The van der Waals surface area contributed by atoms with Crippen molar-refractivity contribution < 1.29 is 4.74 Å². The van der Waals surface area contributed by atoms with E-state index in [1.807, 2.05) is 28.8 Å². The lowest BCUT2D eigenvalue weighted by atomic mass is 10.0. The maximum Gasteiger partial charge on any atom is 0.139 e.